The van der Waals surface area contributed by atoms with E-state index >= 15 is 0 Å². The molecular formula is C21H32O5. The van der Waals surface area contributed by atoms with Gasteiger partial charge in [0.1, 0.15) is 13.2 Å². The highest BCUT2D eigenvalue weighted by Crippen LogP contribution is 2.06. The lowest BCUT2D eigenvalue weighted by Gasteiger charge is -2.15. The summed E-state index contributed by atoms with van der Waals surface area (Å²) in [6.07, 6.45) is 15.1. The van der Waals surface area contributed by atoms with Crippen LogP contribution in [-0.2, 0) is 23.8 Å². The predicted octanol–water partition coefficient (Wildman–Crippen LogP) is 4.32. The number of allylic oxidation sites excluding steroid dienone is 3. The molecule has 0 aliphatic carbocycles. The number of rotatable bonds is 13. The van der Waals surface area contributed by atoms with Crippen LogP contribution in [0.5, 0.6) is 0 Å². The van der Waals surface area contributed by atoms with Gasteiger partial charge in [-0.15, -0.1) is 0 Å². The molecule has 0 rings (SSSR count). The first-order valence-corrected chi connectivity index (χ1v) is 9.29. The first-order chi connectivity index (χ1) is 12.6. The molecule has 0 spiro atoms. The molecule has 26 heavy (non-hydrogen) atoms. The molecule has 0 aliphatic heterocycles. The fourth-order valence-electron chi connectivity index (χ4n) is 2.09. The molecule has 0 saturated heterocycles. The van der Waals surface area contributed by atoms with E-state index in [9.17, 15) is 9.59 Å². The van der Waals surface area contributed by atoms with Crippen molar-refractivity contribution in [2.24, 2.45) is 0 Å². The van der Waals surface area contributed by atoms with E-state index in [4.69, 9.17) is 14.2 Å². The van der Waals surface area contributed by atoms with E-state index in [0.29, 0.717) is 0 Å². The molecule has 0 N–H and O–H groups in total. The van der Waals surface area contributed by atoms with Gasteiger partial charge >= 0.3 is 11.9 Å². The monoisotopic (exact) mass is 364 g/mol. The Bertz CT molecular complexity index is 496. The average molecular weight is 364 g/mol. The van der Waals surface area contributed by atoms with E-state index in [1.165, 1.54) is 58.6 Å². The number of carbonyl (C=O) groups is 2. The second kappa shape index (κ2) is 17.6. The Balaban J connectivity index is 3.85. The Hall–Kier alpha value is -2.22. The lowest BCUT2D eigenvalue weighted by molar-refractivity contribution is -0.158. The SMILES string of the molecule is CCCCCCCC/C=C\C#C/C=C\OC[C@H](COC(C)=O)OC(C)=O. The summed E-state index contributed by atoms with van der Waals surface area (Å²) < 4.78 is 15.1. The smallest absolute Gasteiger partial charge is 0.303 e. The van der Waals surface area contributed by atoms with Crippen molar-refractivity contribution in [2.75, 3.05) is 13.2 Å². The highest BCUT2D eigenvalue weighted by Gasteiger charge is 2.13. The molecule has 0 bridgehead atoms. The van der Waals surface area contributed by atoms with Gasteiger partial charge in [0.05, 0.1) is 6.26 Å². The zero-order chi connectivity index (χ0) is 19.5. The minimum atomic E-state index is -0.633. The predicted molar refractivity (Wildman–Crippen MR) is 102 cm³/mol. The second-order valence-corrected chi connectivity index (χ2v) is 5.92. The van der Waals surface area contributed by atoms with Crippen molar-refractivity contribution in [3.05, 3.63) is 24.5 Å². The van der Waals surface area contributed by atoms with Crippen molar-refractivity contribution in [1.82, 2.24) is 0 Å². The Morgan fingerprint density at radius 3 is 2.31 bits per heavy atom. The molecule has 5 nitrogen and oxygen atoms in total. The summed E-state index contributed by atoms with van der Waals surface area (Å²) in [7, 11) is 0. The number of unbranched alkanes of at least 4 members (excludes halogenated alkanes) is 6. The zero-order valence-electron chi connectivity index (χ0n) is 16.3. The van der Waals surface area contributed by atoms with E-state index in [-0.39, 0.29) is 13.2 Å². The van der Waals surface area contributed by atoms with E-state index in [2.05, 4.69) is 24.8 Å². The summed E-state index contributed by atoms with van der Waals surface area (Å²) in [4.78, 5) is 21.8. The molecule has 0 aliphatic rings. The minimum Gasteiger partial charge on any atom is -0.497 e. The van der Waals surface area contributed by atoms with Crippen LogP contribution in [0.25, 0.3) is 0 Å². The van der Waals surface area contributed by atoms with E-state index < -0.39 is 18.0 Å². The van der Waals surface area contributed by atoms with Crippen LogP contribution < -0.4 is 0 Å². The van der Waals surface area contributed by atoms with Gasteiger partial charge < -0.3 is 14.2 Å². The summed E-state index contributed by atoms with van der Waals surface area (Å²) in [6, 6.07) is 0. The zero-order valence-corrected chi connectivity index (χ0v) is 16.3. The molecule has 0 heterocycles. The van der Waals surface area contributed by atoms with Gasteiger partial charge in [0.2, 0.25) is 0 Å². The molecule has 0 aromatic carbocycles. The van der Waals surface area contributed by atoms with Crippen LogP contribution in [0.15, 0.2) is 24.5 Å². The number of ether oxygens (including phenoxy) is 3. The Morgan fingerprint density at radius 1 is 0.923 bits per heavy atom. The van der Waals surface area contributed by atoms with Crippen molar-refractivity contribution < 1.29 is 23.8 Å². The Labute approximate surface area is 157 Å². The van der Waals surface area contributed by atoms with E-state index in [1.807, 2.05) is 6.08 Å². The van der Waals surface area contributed by atoms with Crippen LogP contribution in [0.4, 0.5) is 0 Å². The Morgan fingerprint density at radius 2 is 1.62 bits per heavy atom. The molecule has 146 valence electrons. The Kier molecular flexibility index (Phi) is 16.1. The number of carbonyl (C=O) groups excluding carboxylic acids is 2. The fraction of sp³-hybridized carbons (Fsp3) is 0.619. The van der Waals surface area contributed by atoms with Gasteiger partial charge in [-0.2, -0.15) is 0 Å². The molecule has 0 fully saturated rings. The van der Waals surface area contributed by atoms with Gasteiger partial charge in [-0.3, -0.25) is 9.59 Å². The van der Waals surface area contributed by atoms with Crippen LogP contribution in [0.2, 0.25) is 0 Å². The van der Waals surface area contributed by atoms with Crippen molar-refractivity contribution in [2.45, 2.75) is 71.8 Å². The summed E-state index contributed by atoms with van der Waals surface area (Å²) in [5.74, 6) is 4.85. The lowest BCUT2D eigenvalue weighted by atomic mass is 10.1. The molecule has 0 aromatic rings. The molecule has 0 amide bonds. The van der Waals surface area contributed by atoms with Crippen molar-refractivity contribution in [3.63, 3.8) is 0 Å². The average Bonchev–Trinajstić information content (AvgIpc) is 2.59. The summed E-state index contributed by atoms with van der Waals surface area (Å²) in [5, 5.41) is 0. The van der Waals surface area contributed by atoms with E-state index in [1.54, 1.807) is 6.08 Å². The van der Waals surface area contributed by atoms with Gasteiger partial charge in [-0.25, -0.2) is 0 Å². The number of hydrogen-bond donors (Lipinski definition) is 0. The standard InChI is InChI=1S/C21H32O5/c1-4-5-6-7-8-9-10-11-12-13-14-15-16-24-17-21(26-20(3)23)18-25-19(2)22/h11-12,15-16,21H,4-10,17-18H2,1-3H3/b12-11-,16-15-/t21-/m1/s1. The largest absolute Gasteiger partial charge is 0.497 e. The minimum absolute atomic E-state index is 0.0321. The third-order valence-electron chi connectivity index (χ3n) is 3.34. The van der Waals surface area contributed by atoms with Gasteiger partial charge in [-0.05, 0) is 18.9 Å². The fourth-order valence-corrected chi connectivity index (χ4v) is 2.09. The third kappa shape index (κ3) is 18.1. The lowest BCUT2D eigenvalue weighted by Crippen LogP contribution is -2.27. The summed E-state index contributed by atoms with van der Waals surface area (Å²) in [6.45, 7) is 4.87. The van der Waals surface area contributed by atoms with Crippen LogP contribution in [0.1, 0.15) is 65.7 Å². The summed E-state index contributed by atoms with van der Waals surface area (Å²) >= 11 is 0. The topological polar surface area (TPSA) is 61.8 Å². The van der Waals surface area contributed by atoms with E-state index in [0.717, 1.165) is 6.42 Å². The molecule has 0 radical (unpaired) electrons. The maximum absolute atomic E-state index is 11.0. The van der Waals surface area contributed by atoms with Gasteiger partial charge in [0.25, 0.3) is 0 Å². The van der Waals surface area contributed by atoms with Crippen LogP contribution in [0.3, 0.4) is 0 Å². The molecule has 5 heteroatoms. The molecule has 0 unspecified atom stereocenters. The van der Waals surface area contributed by atoms with Gasteiger partial charge in [0, 0.05) is 19.9 Å². The summed E-state index contributed by atoms with van der Waals surface area (Å²) in [5.41, 5.74) is 0. The highest BCUT2D eigenvalue weighted by molar-refractivity contribution is 5.67. The quantitative estimate of drug-likeness (QED) is 0.211. The maximum atomic E-state index is 11.0. The molecule has 0 saturated carbocycles. The van der Waals surface area contributed by atoms with Crippen molar-refractivity contribution >= 4 is 11.9 Å². The van der Waals surface area contributed by atoms with Gasteiger partial charge in [0.15, 0.2) is 6.10 Å². The number of esters is 2. The van der Waals surface area contributed by atoms with Crippen LogP contribution >= 0.6 is 0 Å². The first-order valence-electron chi connectivity index (χ1n) is 9.29. The normalized spacial score (nSPS) is 11.8. The highest BCUT2D eigenvalue weighted by atomic mass is 16.6. The first kappa shape index (κ1) is 23.8. The number of hydrogen-bond acceptors (Lipinski definition) is 5. The van der Waals surface area contributed by atoms with Crippen LogP contribution in [-0.4, -0.2) is 31.3 Å². The molecular weight excluding hydrogens is 332 g/mol. The van der Waals surface area contributed by atoms with Crippen LogP contribution in [0, 0.1) is 11.8 Å². The van der Waals surface area contributed by atoms with Gasteiger partial charge in [-0.1, -0.05) is 56.9 Å². The maximum Gasteiger partial charge on any atom is 0.303 e. The molecule has 0 aromatic heterocycles. The van der Waals surface area contributed by atoms with Crippen molar-refractivity contribution in [3.8, 4) is 11.8 Å². The molecule has 1 atom stereocenters. The van der Waals surface area contributed by atoms with Crippen molar-refractivity contribution in [1.29, 1.82) is 0 Å². The second-order valence-electron chi connectivity index (χ2n) is 5.92. The third-order valence-corrected chi connectivity index (χ3v) is 3.34.